The van der Waals surface area contributed by atoms with E-state index in [2.05, 4.69) is 0 Å². The first kappa shape index (κ1) is 17.9. The van der Waals surface area contributed by atoms with E-state index >= 15 is 0 Å². The molecule has 2 aromatic rings. The number of methoxy groups -OCH3 is 1. The van der Waals surface area contributed by atoms with Crippen molar-refractivity contribution in [3.63, 3.8) is 0 Å². The summed E-state index contributed by atoms with van der Waals surface area (Å²) in [5, 5.41) is 0. The minimum Gasteiger partial charge on any atom is -0.497 e. The van der Waals surface area contributed by atoms with Gasteiger partial charge in [0.05, 0.1) is 30.7 Å². The molecule has 7 heteroatoms. The summed E-state index contributed by atoms with van der Waals surface area (Å²) in [7, 11) is -1.62. The lowest BCUT2D eigenvalue weighted by Crippen LogP contribution is -2.37. The molecular weight excluding hydrogens is 364 g/mol. The Bertz CT molecular complexity index is 1000. The normalized spacial score (nSPS) is 23.6. The van der Waals surface area contributed by atoms with Crippen molar-refractivity contribution in [3.8, 4) is 5.75 Å². The zero-order valence-corrected chi connectivity index (χ0v) is 16.4. The molecule has 4 rings (SSSR count). The Balaban J connectivity index is 1.78. The molecule has 2 amide bonds. The summed E-state index contributed by atoms with van der Waals surface area (Å²) in [6, 6.07) is 12.0. The quantitative estimate of drug-likeness (QED) is 0.761. The summed E-state index contributed by atoms with van der Waals surface area (Å²) in [5.74, 6) is 0.659. The van der Waals surface area contributed by atoms with E-state index in [-0.39, 0.29) is 23.6 Å². The number of hydrogen-bond acceptors (Lipinski definition) is 4. The van der Waals surface area contributed by atoms with Crippen molar-refractivity contribution in [1.29, 1.82) is 0 Å². The number of urea groups is 1. The second kappa shape index (κ2) is 6.27. The first-order valence-corrected chi connectivity index (χ1v) is 10.7. The van der Waals surface area contributed by atoms with Crippen molar-refractivity contribution < 1.29 is 17.9 Å². The fourth-order valence-corrected chi connectivity index (χ4v) is 5.84. The first-order valence-electron chi connectivity index (χ1n) is 8.85. The van der Waals surface area contributed by atoms with Gasteiger partial charge in [0, 0.05) is 11.4 Å². The zero-order chi connectivity index (χ0) is 19.3. The van der Waals surface area contributed by atoms with Gasteiger partial charge in [-0.3, -0.25) is 9.80 Å². The molecule has 2 unspecified atom stereocenters. The van der Waals surface area contributed by atoms with Crippen LogP contribution in [-0.2, 0) is 9.84 Å². The Morgan fingerprint density at radius 3 is 2.00 bits per heavy atom. The summed E-state index contributed by atoms with van der Waals surface area (Å²) < 4.78 is 29.9. The lowest BCUT2D eigenvalue weighted by Gasteiger charge is -2.23. The Labute approximate surface area is 159 Å². The largest absolute Gasteiger partial charge is 0.497 e. The van der Waals surface area contributed by atoms with Crippen LogP contribution in [0.25, 0.3) is 0 Å². The van der Waals surface area contributed by atoms with Gasteiger partial charge in [-0.05, 0) is 61.4 Å². The number of rotatable bonds is 3. The Morgan fingerprint density at radius 2 is 1.44 bits per heavy atom. The molecule has 0 radical (unpaired) electrons. The van der Waals surface area contributed by atoms with Crippen molar-refractivity contribution in [3.05, 3.63) is 53.6 Å². The fourth-order valence-electron chi connectivity index (χ4n) is 3.93. The van der Waals surface area contributed by atoms with E-state index in [0.29, 0.717) is 11.4 Å². The number of amides is 2. The monoisotopic (exact) mass is 386 g/mol. The van der Waals surface area contributed by atoms with Crippen LogP contribution in [0.2, 0.25) is 0 Å². The van der Waals surface area contributed by atoms with Crippen molar-refractivity contribution in [1.82, 2.24) is 0 Å². The molecular formula is C20H22N2O4S. The highest BCUT2D eigenvalue weighted by atomic mass is 32.2. The van der Waals surface area contributed by atoms with Crippen molar-refractivity contribution in [2.75, 3.05) is 28.4 Å². The Morgan fingerprint density at radius 1 is 0.889 bits per heavy atom. The van der Waals surface area contributed by atoms with E-state index in [4.69, 9.17) is 4.74 Å². The number of hydrogen-bond donors (Lipinski definition) is 0. The van der Waals surface area contributed by atoms with Gasteiger partial charge in [-0.15, -0.1) is 0 Å². The van der Waals surface area contributed by atoms with Gasteiger partial charge < -0.3 is 4.74 Å². The predicted octanol–water partition coefficient (Wildman–Crippen LogP) is 2.92. The van der Waals surface area contributed by atoms with Crippen LogP contribution in [0, 0.1) is 13.8 Å². The van der Waals surface area contributed by atoms with Gasteiger partial charge in [0.2, 0.25) is 0 Å². The maximum Gasteiger partial charge on any atom is 0.329 e. The number of sulfone groups is 1. The molecule has 0 spiro atoms. The highest BCUT2D eigenvalue weighted by molar-refractivity contribution is 7.91. The third-order valence-corrected chi connectivity index (χ3v) is 7.19. The molecule has 2 fully saturated rings. The standard InChI is InChI=1S/C20H22N2O4S/c1-13-4-5-16(10-14(13)2)22-19-12-27(24,25)11-18(19)21(20(22)23)15-6-8-17(26-3)9-7-15/h4-10,18-19H,11-12H2,1-3H3. The average molecular weight is 386 g/mol. The SMILES string of the molecule is COc1ccc(N2C(=O)N(c3ccc(C)c(C)c3)C3CS(=O)(=O)CC32)cc1. The molecule has 2 heterocycles. The lowest BCUT2D eigenvalue weighted by molar-refractivity contribution is 0.255. The molecule has 2 aliphatic heterocycles. The fraction of sp³-hybridized carbons (Fsp3) is 0.350. The molecule has 142 valence electrons. The topological polar surface area (TPSA) is 66.9 Å². The number of carbonyl (C=O) groups excluding carboxylic acids is 1. The van der Waals surface area contributed by atoms with Crippen LogP contribution in [0.15, 0.2) is 42.5 Å². The molecule has 2 saturated heterocycles. The maximum absolute atomic E-state index is 13.3. The summed E-state index contributed by atoms with van der Waals surface area (Å²) in [4.78, 5) is 16.6. The van der Waals surface area contributed by atoms with Crippen LogP contribution in [0.4, 0.5) is 16.2 Å². The van der Waals surface area contributed by atoms with Gasteiger partial charge in [0.15, 0.2) is 9.84 Å². The second-order valence-electron chi connectivity index (χ2n) is 7.20. The van der Waals surface area contributed by atoms with Crippen molar-refractivity contribution >= 4 is 27.2 Å². The molecule has 0 aromatic heterocycles. The van der Waals surface area contributed by atoms with Crippen molar-refractivity contribution in [2.45, 2.75) is 25.9 Å². The van der Waals surface area contributed by atoms with E-state index in [1.165, 1.54) is 0 Å². The number of nitrogens with zero attached hydrogens (tertiary/aromatic N) is 2. The molecule has 0 saturated carbocycles. The Kier molecular flexibility index (Phi) is 4.14. The minimum atomic E-state index is -3.20. The molecule has 27 heavy (non-hydrogen) atoms. The molecule has 0 N–H and O–H groups in total. The smallest absolute Gasteiger partial charge is 0.329 e. The van der Waals surface area contributed by atoms with E-state index in [9.17, 15) is 13.2 Å². The van der Waals surface area contributed by atoms with Crippen LogP contribution in [-0.4, -0.2) is 45.1 Å². The number of benzene rings is 2. The maximum atomic E-state index is 13.3. The second-order valence-corrected chi connectivity index (χ2v) is 9.35. The molecule has 2 atom stereocenters. The van der Waals surface area contributed by atoms with Crippen LogP contribution in [0.5, 0.6) is 5.75 Å². The number of aryl methyl sites for hydroxylation is 2. The van der Waals surface area contributed by atoms with Crippen LogP contribution < -0.4 is 14.5 Å². The summed E-state index contributed by atoms with van der Waals surface area (Å²) in [5.41, 5.74) is 3.62. The number of anilines is 2. The van der Waals surface area contributed by atoms with E-state index in [0.717, 1.165) is 16.8 Å². The first-order chi connectivity index (χ1) is 12.8. The lowest BCUT2D eigenvalue weighted by atomic mass is 10.1. The van der Waals surface area contributed by atoms with E-state index in [1.807, 2.05) is 32.0 Å². The number of fused-ring (bicyclic) bond motifs is 1. The molecule has 0 bridgehead atoms. The molecule has 2 aliphatic rings. The number of carbonyl (C=O) groups is 1. The van der Waals surface area contributed by atoms with Gasteiger partial charge in [-0.25, -0.2) is 13.2 Å². The number of ether oxygens (including phenoxy) is 1. The van der Waals surface area contributed by atoms with E-state index < -0.39 is 15.9 Å². The van der Waals surface area contributed by atoms with Gasteiger partial charge in [-0.2, -0.15) is 0 Å². The highest BCUT2D eigenvalue weighted by Gasteiger charge is 2.54. The van der Waals surface area contributed by atoms with Gasteiger partial charge in [0.1, 0.15) is 5.75 Å². The zero-order valence-electron chi connectivity index (χ0n) is 15.5. The van der Waals surface area contributed by atoms with Gasteiger partial charge in [-0.1, -0.05) is 6.07 Å². The van der Waals surface area contributed by atoms with Crippen LogP contribution >= 0.6 is 0 Å². The van der Waals surface area contributed by atoms with Gasteiger partial charge in [0.25, 0.3) is 0 Å². The predicted molar refractivity (Wildman–Crippen MR) is 105 cm³/mol. The molecule has 2 aromatic carbocycles. The summed E-state index contributed by atoms with van der Waals surface area (Å²) >= 11 is 0. The summed E-state index contributed by atoms with van der Waals surface area (Å²) in [6.07, 6.45) is 0. The Hall–Kier alpha value is -2.54. The summed E-state index contributed by atoms with van der Waals surface area (Å²) in [6.45, 7) is 4.00. The van der Waals surface area contributed by atoms with Crippen molar-refractivity contribution in [2.24, 2.45) is 0 Å². The van der Waals surface area contributed by atoms with E-state index in [1.54, 1.807) is 41.2 Å². The van der Waals surface area contributed by atoms with Crippen LogP contribution in [0.1, 0.15) is 11.1 Å². The third-order valence-electron chi connectivity index (χ3n) is 5.49. The minimum absolute atomic E-state index is 0.0109. The average Bonchev–Trinajstić information content (AvgIpc) is 3.06. The van der Waals surface area contributed by atoms with Crippen LogP contribution in [0.3, 0.4) is 0 Å². The molecule has 0 aliphatic carbocycles. The highest BCUT2D eigenvalue weighted by Crippen LogP contribution is 2.38. The van der Waals surface area contributed by atoms with Gasteiger partial charge >= 0.3 is 6.03 Å². The molecule has 6 nitrogen and oxygen atoms in total. The third kappa shape index (κ3) is 2.96.